The molecule has 1 nitrogen and oxygen atoms in total. The predicted molar refractivity (Wildman–Crippen MR) is 122 cm³/mol. The third-order valence-corrected chi connectivity index (χ3v) is 20.4. The zero-order valence-corrected chi connectivity index (χ0v) is 20.9. The van der Waals surface area contributed by atoms with Crippen molar-refractivity contribution >= 4 is 17.0 Å². The normalized spacial score (nSPS) is 18.2. The van der Waals surface area contributed by atoms with E-state index in [0.29, 0.717) is 12.0 Å². The van der Waals surface area contributed by atoms with Crippen LogP contribution >= 0.6 is 0 Å². The molecule has 2 aromatic rings. The fourth-order valence-electron chi connectivity index (χ4n) is 4.30. The molecule has 1 aliphatic rings. The van der Waals surface area contributed by atoms with E-state index in [1.54, 1.807) is 25.4 Å². The summed E-state index contributed by atoms with van der Waals surface area (Å²) < 4.78 is 6.04. The Bertz CT molecular complexity index is 817. The van der Waals surface area contributed by atoms with Crippen LogP contribution in [0.15, 0.2) is 81.3 Å². The average molecular weight is 425 g/mol. The first-order chi connectivity index (χ1) is 13.5. The molecule has 0 aromatic heterocycles. The van der Waals surface area contributed by atoms with Gasteiger partial charge < -0.3 is 0 Å². The van der Waals surface area contributed by atoms with Gasteiger partial charge in [0.05, 0.1) is 0 Å². The number of allylic oxidation sites excluding steroid dienone is 4. The van der Waals surface area contributed by atoms with Crippen molar-refractivity contribution in [1.29, 1.82) is 0 Å². The summed E-state index contributed by atoms with van der Waals surface area (Å²) in [5.74, 6) is 0.592. The summed E-state index contributed by atoms with van der Waals surface area (Å²) in [6.45, 7) is 12.8. The van der Waals surface area contributed by atoms with Crippen molar-refractivity contribution in [3.8, 4) is 0 Å². The van der Waals surface area contributed by atoms with Gasteiger partial charge in [0.25, 0.3) is 0 Å². The number of hydrogen-bond acceptors (Lipinski definition) is 1. The van der Waals surface area contributed by atoms with Gasteiger partial charge >= 0.3 is 179 Å². The molecular weight excluding hydrogens is 390 g/mol. The van der Waals surface area contributed by atoms with Crippen molar-refractivity contribution in [3.05, 3.63) is 81.3 Å². The summed E-state index contributed by atoms with van der Waals surface area (Å²) in [7, 11) is 0. The molecule has 1 aliphatic carbocycles. The Morgan fingerprint density at radius 2 is 1.39 bits per heavy atom. The Balaban J connectivity index is 2.16. The van der Waals surface area contributed by atoms with E-state index in [1.165, 1.54) is 12.0 Å². The van der Waals surface area contributed by atoms with Gasteiger partial charge in [0.2, 0.25) is 0 Å². The first-order valence-corrected chi connectivity index (χ1v) is 16.6. The maximum atomic E-state index is 4.25. The topological polar surface area (TPSA) is 12.0 Å². The van der Waals surface area contributed by atoms with Crippen molar-refractivity contribution in [2.45, 2.75) is 54.0 Å². The van der Waals surface area contributed by atoms with E-state index < -0.39 is 24.0 Å². The number of rotatable bonds is 7. The second-order valence-electron chi connectivity index (χ2n) is 8.19. The minimum atomic E-state index is -1.76. The van der Waals surface area contributed by atoms with Crippen LogP contribution in [0.3, 0.4) is 0 Å². The molecule has 0 saturated heterocycles. The van der Waals surface area contributed by atoms with Crippen LogP contribution in [0.5, 0.6) is 0 Å². The molecule has 0 bridgehead atoms. The second kappa shape index (κ2) is 9.54. The number of benzene rings is 2. The zero-order chi connectivity index (χ0) is 20.3. The van der Waals surface area contributed by atoms with E-state index in [4.69, 9.17) is 0 Å². The Morgan fingerprint density at radius 3 is 1.79 bits per heavy atom. The summed E-state index contributed by atoms with van der Waals surface area (Å²) in [4.78, 5) is 0. The van der Waals surface area contributed by atoms with Crippen molar-refractivity contribution in [2.75, 3.05) is 0 Å². The Kier molecular flexibility index (Phi) is 7.33. The Labute approximate surface area is 178 Å². The molecule has 147 valence electrons. The quantitative estimate of drug-likeness (QED) is 0.635. The van der Waals surface area contributed by atoms with Gasteiger partial charge in [-0.15, -0.1) is 0 Å². The van der Waals surface area contributed by atoms with Crippen molar-refractivity contribution in [3.63, 3.8) is 0 Å². The zero-order valence-electron chi connectivity index (χ0n) is 18.2. The second-order valence-corrected chi connectivity index (χ2v) is 18.1. The molecule has 0 saturated carbocycles. The molecular formula is C25H34NSiTi. The molecule has 28 heavy (non-hydrogen) atoms. The van der Waals surface area contributed by atoms with Gasteiger partial charge in [-0.1, -0.05) is 0 Å². The average Bonchev–Trinajstić information content (AvgIpc) is 2.92. The van der Waals surface area contributed by atoms with Crippen LogP contribution in [0.2, 0.25) is 0 Å². The van der Waals surface area contributed by atoms with Gasteiger partial charge in [-0.3, -0.25) is 0 Å². The van der Waals surface area contributed by atoms with Gasteiger partial charge in [0.15, 0.2) is 0 Å². The monoisotopic (exact) mass is 424 g/mol. The van der Waals surface area contributed by atoms with Crippen molar-refractivity contribution in [2.24, 2.45) is 5.92 Å². The first-order valence-electron chi connectivity index (χ1n) is 10.6. The SMILES string of the molecule is CCC(C)[NH][Ti]([C]1=C(C)C(C)=C(C)C1C)[SiH](c1ccccc1)c1ccccc1. The molecule has 0 fully saturated rings. The fraction of sp³-hybridized carbons (Fsp3) is 0.360. The molecule has 3 rings (SSSR count). The van der Waals surface area contributed by atoms with Gasteiger partial charge in [-0.25, -0.2) is 0 Å². The van der Waals surface area contributed by atoms with Gasteiger partial charge in [0, 0.05) is 0 Å². The predicted octanol–water partition coefficient (Wildman–Crippen LogP) is 4.71. The fourth-order valence-corrected chi connectivity index (χ4v) is 20.7. The van der Waals surface area contributed by atoms with Crippen molar-refractivity contribution in [1.82, 2.24) is 3.80 Å². The summed E-state index contributed by atoms with van der Waals surface area (Å²) in [5, 5.41) is 3.18. The van der Waals surface area contributed by atoms with E-state index >= 15 is 0 Å². The van der Waals surface area contributed by atoms with Crippen LogP contribution in [0, 0.1) is 5.92 Å². The van der Waals surface area contributed by atoms with E-state index in [2.05, 4.69) is 106 Å². The summed E-state index contributed by atoms with van der Waals surface area (Å²) in [6, 6.07) is 23.3. The standard InChI is InChI=1S/C12H11Si.C9H13.C4H10N.Ti/c1-3-7-11(8-4-1)13-12-9-5-2-6-10-12;1-6-5-7(2)9(4)8(6)3;1-3-4(2)5;/h1-10,13H;6H,1-4H3;4-5H,3H2,1-2H3;/q;;-1;+1. The number of nitrogens with one attached hydrogen (secondary N) is 1. The molecule has 1 N–H and O–H groups in total. The Hall–Kier alpha value is -1.19. The van der Waals surface area contributed by atoms with Crippen LogP contribution < -0.4 is 14.2 Å². The number of hydrogen-bond donors (Lipinski definition) is 1. The van der Waals surface area contributed by atoms with Crippen LogP contribution in [-0.4, -0.2) is 12.7 Å². The molecule has 0 heterocycles. The first kappa shape index (κ1) is 21.5. The van der Waals surface area contributed by atoms with E-state index in [1.807, 2.05) is 0 Å². The van der Waals surface area contributed by atoms with Crippen LogP contribution in [0.25, 0.3) is 0 Å². The van der Waals surface area contributed by atoms with Gasteiger partial charge in [-0.2, -0.15) is 0 Å². The molecule has 3 heteroatoms. The molecule has 2 unspecified atom stereocenters. The minimum absolute atomic E-state index is 0.575. The molecule has 2 aromatic carbocycles. The molecule has 0 aliphatic heterocycles. The molecule has 0 spiro atoms. The summed E-state index contributed by atoms with van der Waals surface area (Å²) in [5.41, 5.74) is 4.70. The van der Waals surface area contributed by atoms with E-state index in [0.717, 1.165) is 0 Å². The third kappa shape index (κ3) is 4.36. The molecule has 0 amide bonds. The summed E-state index contributed by atoms with van der Waals surface area (Å²) in [6.07, 6.45) is 1.19. The van der Waals surface area contributed by atoms with Gasteiger partial charge in [-0.05, 0) is 0 Å². The van der Waals surface area contributed by atoms with Crippen LogP contribution in [0.1, 0.15) is 48.0 Å². The third-order valence-electron chi connectivity index (χ3n) is 6.50. The molecule has 0 radical (unpaired) electrons. The van der Waals surface area contributed by atoms with E-state index in [9.17, 15) is 0 Å². The van der Waals surface area contributed by atoms with Crippen LogP contribution in [0.4, 0.5) is 0 Å². The van der Waals surface area contributed by atoms with Crippen LogP contribution in [-0.2, 0) is 17.4 Å². The molecule has 2 atom stereocenters. The van der Waals surface area contributed by atoms with E-state index in [-0.39, 0.29) is 0 Å². The Morgan fingerprint density at radius 1 is 0.893 bits per heavy atom. The van der Waals surface area contributed by atoms with Gasteiger partial charge in [0.1, 0.15) is 0 Å². The maximum absolute atomic E-state index is 4.25. The van der Waals surface area contributed by atoms with Crippen molar-refractivity contribution < 1.29 is 17.4 Å². The summed E-state index contributed by atoms with van der Waals surface area (Å²) >= 11 is -1.76.